The van der Waals surface area contributed by atoms with Crippen LogP contribution in [-0.2, 0) is 0 Å². The van der Waals surface area contributed by atoms with Gasteiger partial charge in [0.15, 0.2) is 0 Å². The van der Waals surface area contributed by atoms with Crippen molar-refractivity contribution in [2.45, 2.75) is 0 Å². The average molecular weight is 284 g/mol. The second-order valence-corrected chi connectivity index (χ2v) is 5.11. The van der Waals surface area contributed by atoms with E-state index in [0.717, 1.165) is 5.69 Å². The third kappa shape index (κ3) is 1.50. The standard InChI is InChI=1S/C11H11IN/c1-12-10-6-7-11(13)9-5-3-2-4-8(9)10/h2-7H,13H2,1H3/q-1. The van der Waals surface area contributed by atoms with Crippen molar-refractivity contribution < 1.29 is 21.2 Å². The van der Waals surface area contributed by atoms with Crippen molar-refractivity contribution in [1.82, 2.24) is 0 Å². The summed E-state index contributed by atoms with van der Waals surface area (Å²) in [7, 11) is 0. The molecule has 0 bridgehead atoms. The number of benzene rings is 2. The summed E-state index contributed by atoms with van der Waals surface area (Å²) >= 11 is 0.139. The van der Waals surface area contributed by atoms with Crippen molar-refractivity contribution in [2.24, 2.45) is 0 Å². The van der Waals surface area contributed by atoms with Gasteiger partial charge in [0.25, 0.3) is 0 Å². The van der Waals surface area contributed by atoms with E-state index in [1.54, 1.807) is 0 Å². The fraction of sp³-hybridized carbons (Fsp3) is 0.0909. The molecule has 0 saturated heterocycles. The fourth-order valence-electron chi connectivity index (χ4n) is 1.45. The Kier molecular flexibility index (Phi) is 2.40. The van der Waals surface area contributed by atoms with Crippen LogP contribution in [0.2, 0.25) is 0 Å². The summed E-state index contributed by atoms with van der Waals surface area (Å²) in [6.07, 6.45) is 0. The molecular weight excluding hydrogens is 273 g/mol. The molecule has 0 aliphatic heterocycles. The molecule has 0 spiro atoms. The van der Waals surface area contributed by atoms with E-state index in [0.29, 0.717) is 0 Å². The second kappa shape index (κ2) is 3.54. The van der Waals surface area contributed by atoms with Crippen molar-refractivity contribution in [3.8, 4) is 0 Å². The molecule has 0 fully saturated rings. The van der Waals surface area contributed by atoms with Gasteiger partial charge in [-0.3, -0.25) is 0 Å². The van der Waals surface area contributed by atoms with Crippen LogP contribution in [0.25, 0.3) is 10.8 Å². The number of halogens is 1. The topological polar surface area (TPSA) is 26.0 Å². The van der Waals surface area contributed by atoms with E-state index < -0.39 is 0 Å². The van der Waals surface area contributed by atoms with Gasteiger partial charge < -0.3 is 0 Å². The Balaban J connectivity index is 2.84. The molecule has 1 nitrogen and oxygen atoms in total. The first kappa shape index (κ1) is 8.81. The van der Waals surface area contributed by atoms with Crippen molar-refractivity contribution >= 4 is 16.5 Å². The number of anilines is 1. The van der Waals surface area contributed by atoms with E-state index in [9.17, 15) is 0 Å². The molecule has 0 atom stereocenters. The molecule has 0 aromatic heterocycles. The Labute approximate surface area is 88.2 Å². The van der Waals surface area contributed by atoms with Crippen LogP contribution in [0.3, 0.4) is 0 Å². The van der Waals surface area contributed by atoms with Crippen LogP contribution in [-0.4, -0.2) is 4.93 Å². The van der Waals surface area contributed by atoms with Crippen LogP contribution < -0.4 is 26.9 Å². The predicted molar refractivity (Wildman–Crippen MR) is 53.0 cm³/mol. The number of nitrogens with two attached hydrogens (primary N) is 1. The van der Waals surface area contributed by atoms with Crippen molar-refractivity contribution in [3.05, 3.63) is 40.0 Å². The van der Waals surface area contributed by atoms with Gasteiger partial charge in [0.1, 0.15) is 0 Å². The summed E-state index contributed by atoms with van der Waals surface area (Å²) in [6.45, 7) is 0. The molecule has 2 aromatic rings. The van der Waals surface area contributed by atoms with Gasteiger partial charge in [0, 0.05) is 0 Å². The van der Waals surface area contributed by atoms with Gasteiger partial charge in [-0.2, -0.15) is 0 Å². The number of hydrogen-bond donors (Lipinski definition) is 1. The molecule has 2 rings (SSSR count). The zero-order valence-corrected chi connectivity index (χ0v) is 9.58. The number of rotatable bonds is 1. The first-order valence-electron chi connectivity index (χ1n) is 4.09. The Hall–Kier alpha value is -0.770. The Morgan fingerprint density at radius 2 is 1.69 bits per heavy atom. The number of hydrogen-bond acceptors (Lipinski definition) is 1. The quantitative estimate of drug-likeness (QED) is 0.419. The van der Waals surface area contributed by atoms with Gasteiger partial charge >= 0.3 is 88.3 Å². The minimum atomic E-state index is 0.139. The van der Waals surface area contributed by atoms with Crippen LogP contribution in [0.15, 0.2) is 36.4 Å². The molecule has 2 N–H and O–H groups in total. The molecule has 0 saturated carbocycles. The Morgan fingerprint density at radius 1 is 1.00 bits per heavy atom. The van der Waals surface area contributed by atoms with E-state index in [4.69, 9.17) is 5.73 Å². The molecule has 0 amide bonds. The van der Waals surface area contributed by atoms with E-state index in [1.165, 1.54) is 14.3 Å². The molecule has 13 heavy (non-hydrogen) atoms. The first-order valence-corrected chi connectivity index (χ1v) is 7.33. The van der Waals surface area contributed by atoms with Crippen LogP contribution in [0.5, 0.6) is 0 Å². The van der Waals surface area contributed by atoms with Gasteiger partial charge in [-0.1, -0.05) is 0 Å². The molecule has 0 radical (unpaired) electrons. The summed E-state index contributed by atoms with van der Waals surface area (Å²) in [4.78, 5) is 2.27. The Morgan fingerprint density at radius 3 is 2.38 bits per heavy atom. The van der Waals surface area contributed by atoms with Gasteiger partial charge in [0.2, 0.25) is 0 Å². The second-order valence-electron chi connectivity index (χ2n) is 2.87. The summed E-state index contributed by atoms with van der Waals surface area (Å²) in [5, 5.41) is 2.53. The SMILES string of the molecule is C[I-]c1ccc(N)c2ccccc12. The van der Waals surface area contributed by atoms with E-state index in [2.05, 4.69) is 29.2 Å². The average Bonchev–Trinajstić information content (AvgIpc) is 2.19. The first-order chi connectivity index (χ1) is 6.33. The van der Waals surface area contributed by atoms with Gasteiger partial charge in [-0.25, -0.2) is 0 Å². The molecule has 2 aromatic carbocycles. The normalized spacial score (nSPS) is 10.8. The van der Waals surface area contributed by atoms with Crippen LogP contribution in [0.4, 0.5) is 5.69 Å². The zero-order chi connectivity index (χ0) is 9.26. The molecule has 0 heterocycles. The molecule has 0 aliphatic carbocycles. The summed E-state index contributed by atoms with van der Waals surface area (Å²) in [5.74, 6) is 0. The van der Waals surface area contributed by atoms with Gasteiger partial charge in [0.05, 0.1) is 0 Å². The fourth-order valence-corrected chi connectivity index (χ4v) is 3.04. The maximum absolute atomic E-state index is 5.89. The summed E-state index contributed by atoms with van der Waals surface area (Å²) in [5.41, 5.74) is 6.78. The van der Waals surface area contributed by atoms with E-state index in [-0.39, 0.29) is 21.2 Å². The predicted octanol–water partition coefficient (Wildman–Crippen LogP) is -0.690. The third-order valence-electron chi connectivity index (χ3n) is 2.11. The monoisotopic (exact) mass is 284 g/mol. The number of alkyl halides is 1. The molecule has 0 unspecified atom stereocenters. The zero-order valence-electron chi connectivity index (χ0n) is 7.42. The number of nitrogen functional groups attached to an aromatic ring is 1. The minimum absolute atomic E-state index is 0.139. The van der Waals surface area contributed by atoms with Gasteiger partial charge in [-0.15, -0.1) is 0 Å². The molecule has 0 aliphatic rings. The van der Waals surface area contributed by atoms with E-state index >= 15 is 0 Å². The van der Waals surface area contributed by atoms with Crippen LogP contribution in [0.1, 0.15) is 0 Å². The Bertz CT molecular complexity index is 437. The van der Waals surface area contributed by atoms with Crippen molar-refractivity contribution in [1.29, 1.82) is 0 Å². The molecule has 68 valence electrons. The molecule has 2 heteroatoms. The van der Waals surface area contributed by atoms with Crippen LogP contribution in [0, 0.1) is 3.57 Å². The summed E-state index contributed by atoms with van der Waals surface area (Å²) < 4.78 is 1.48. The third-order valence-corrected chi connectivity index (χ3v) is 4.21. The van der Waals surface area contributed by atoms with Crippen LogP contribution >= 0.6 is 0 Å². The van der Waals surface area contributed by atoms with Crippen molar-refractivity contribution in [2.75, 3.05) is 10.7 Å². The van der Waals surface area contributed by atoms with Gasteiger partial charge in [-0.05, 0) is 0 Å². The summed E-state index contributed by atoms with van der Waals surface area (Å²) in [6, 6.07) is 12.5. The number of fused-ring (bicyclic) bond motifs is 1. The van der Waals surface area contributed by atoms with Crippen molar-refractivity contribution in [3.63, 3.8) is 0 Å². The molecular formula is C11H11IN-. The maximum atomic E-state index is 5.89. The van der Waals surface area contributed by atoms with E-state index in [1.807, 2.05) is 12.1 Å².